The SMILES string of the molecule is CC(C)c1cccc2nc(CCCN)oc12. The van der Waals surface area contributed by atoms with Gasteiger partial charge < -0.3 is 10.2 Å². The molecule has 0 atom stereocenters. The van der Waals surface area contributed by atoms with Crippen LogP contribution in [0.2, 0.25) is 0 Å². The number of oxazole rings is 1. The molecule has 3 heteroatoms. The first-order valence-corrected chi connectivity index (χ1v) is 5.80. The molecule has 0 spiro atoms. The molecule has 0 fully saturated rings. The molecule has 0 aliphatic rings. The van der Waals surface area contributed by atoms with Gasteiger partial charge in [-0.1, -0.05) is 26.0 Å². The summed E-state index contributed by atoms with van der Waals surface area (Å²) in [6, 6.07) is 6.13. The van der Waals surface area contributed by atoms with Crippen molar-refractivity contribution in [3.05, 3.63) is 29.7 Å². The van der Waals surface area contributed by atoms with Gasteiger partial charge in [-0.2, -0.15) is 0 Å². The maximum absolute atomic E-state index is 5.80. The van der Waals surface area contributed by atoms with Crippen LogP contribution < -0.4 is 5.73 Å². The molecule has 0 saturated carbocycles. The third-order valence-corrected chi connectivity index (χ3v) is 2.71. The van der Waals surface area contributed by atoms with Gasteiger partial charge in [-0.05, 0) is 30.5 Å². The van der Waals surface area contributed by atoms with Gasteiger partial charge in [-0.25, -0.2) is 4.98 Å². The van der Waals surface area contributed by atoms with Crippen LogP contribution in [0.5, 0.6) is 0 Å². The number of aromatic nitrogens is 1. The molecule has 3 nitrogen and oxygen atoms in total. The summed E-state index contributed by atoms with van der Waals surface area (Å²) in [6.07, 6.45) is 1.74. The van der Waals surface area contributed by atoms with Crippen LogP contribution >= 0.6 is 0 Å². The van der Waals surface area contributed by atoms with Crippen molar-refractivity contribution in [1.82, 2.24) is 4.98 Å². The van der Waals surface area contributed by atoms with E-state index in [1.54, 1.807) is 0 Å². The van der Waals surface area contributed by atoms with Gasteiger partial charge in [-0.15, -0.1) is 0 Å². The number of aryl methyl sites for hydroxylation is 1. The van der Waals surface area contributed by atoms with E-state index in [2.05, 4.69) is 24.9 Å². The maximum Gasteiger partial charge on any atom is 0.195 e. The molecule has 1 aromatic carbocycles. The van der Waals surface area contributed by atoms with E-state index in [1.165, 1.54) is 5.56 Å². The number of nitrogens with zero attached hydrogens (tertiary/aromatic N) is 1. The van der Waals surface area contributed by atoms with Gasteiger partial charge >= 0.3 is 0 Å². The minimum Gasteiger partial charge on any atom is -0.440 e. The topological polar surface area (TPSA) is 52.0 Å². The minimum atomic E-state index is 0.457. The molecule has 2 aromatic rings. The largest absolute Gasteiger partial charge is 0.440 e. The van der Waals surface area contributed by atoms with Crippen LogP contribution in [0, 0.1) is 0 Å². The van der Waals surface area contributed by atoms with Gasteiger partial charge in [0.25, 0.3) is 0 Å². The number of rotatable bonds is 4. The minimum absolute atomic E-state index is 0.457. The fourth-order valence-electron chi connectivity index (χ4n) is 1.83. The third-order valence-electron chi connectivity index (χ3n) is 2.71. The Morgan fingerprint density at radius 2 is 2.19 bits per heavy atom. The zero-order valence-corrected chi connectivity index (χ0v) is 9.86. The second-order valence-corrected chi connectivity index (χ2v) is 4.35. The number of para-hydroxylation sites is 1. The number of fused-ring (bicyclic) bond motifs is 1. The lowest BCUT2D eigenvalue weighted by atomic mass is 10.0. The van der Waals surface area contributed by atoms with Crippen molar-refractivity contribution >= 4 is 11.1 Å². The normalized spacial score (nSPS) is 11.5. The molecule has 0 aliphatic carbocycles. The Morgan fingerprint density at radius 3 is 2.88 bits per heavy atom. The second kappa shape index (κ2) is 4.66. The van der Waals surface area contributed by atoms with E-state index in [0.29, 0.717) is 12.5 Å². The van der Waals surface area contributed by atoms with E-state index >= 15 is 0 Å². The van der Waals surface area contributed by atoms with Crippen molar-refractivity contribution in [1.29, 1.82) is 0 Å². The molecule has 0 amide bonds. The van der Waals surface area contributed by atoms with E-state index in [1.807, 2.05) is 12.1 Å². The number of nitrogens with two attached hydrogens (primary N) is 1. The van der Waals surface area contributed by atoms with Gasteiger partial charge in [0.1, 0.15) is 5.52 Å². The molecule has 0 unspecified atom stereocenters. The molecule has 2 N–H and O–H groups in total. The maximum atomic E-state index is 5.80. The summed E-state index contributed by atoms with van der Waals surface area (Å²) in [5.74, 6) is 1.26. The van der Waals surface area contributed by atoms with Gasteiger partial charge in [0.05, 0.1) is 0 Å². The van der Waals surface area contributed by atoms with Crippen molar-refractivity contribution in [2.45, 2.75) is 32.6 Å². The number of hydrogen-bond donors (Lipinski definition) is 1. The average Bonchev–Trinajstić information content (AvgIpc) is 2.68. The summed E-state index contributed by atoms with van der Waals surface area (Å²) in [7, 11) is 0. The van der Waals surface area contributed by atoms with Crippen LogP contribution in [-0.2, 0) is 6.42 Å². The Balaban J connectivity index is 2.40. The van der Waals surface area contributed by atoms with E-state index in [-0.39, 0.29) is 0 Å². The third kappa shape index (κ3) is 2.09. The Hall–Kier alpha value is -1.35. The predicted octanol–water partition coefficient (Wildman–Crippen LogP) is 2.84. The first kappa shape index (κ1) is 11.1. The fourth-order valence-corrected chi connectivity index (χ4v) is 1.83. The van der Waals surface area contributed by atoms with Crippen LogP contribution in [0.25, 0.3) is 11.1 Å². The van der Waals surface area contributed by atoms with E-state index in [4.69, 9.17) is 10.2 Å². The molecule has 0 aliphatic heterocycles. The molecule has 0 radical (unpaired) electrons. The Kier molecular flexibility index (Phi) is 3.25. The van der Waals surface area contributed by atoms with Gasteiger partial charge in [0.15, 0.2) is 11.5 Å². The quantitative estimate of drug-likeness (QED) is 0.858. The van der Waals surface area contributed by atoms with Crippen molar-refractivity contribution < 1.29 is 4.42 Å². The van der Waals surface area contributed by atoms with Crippen LogP contribution in [0.3, 0.4) is 0 Å². The van der Waals surface area contributed by atoms with Crippen LogP contribution in [0.15, 0.2) is 22.6 Å². The average molecular weight is 218 g/mol. The Bertz CT molecular complexity index is 474. The van der Waals surface area contributed by atoms with Gasteiger partial charge in [0.2, 0.25) is 0 Å². The Morgan fingerprint density at radius 1 is 1.38 bits per heavy atom. The van der Waals surface area contributed by atoms with E-state index in [0.717, 1.165) is 29.8 Å². The summed E-state index contributed by atoms with van der Waals surface area (Å²) in [6.45, 7) is 5.00. The van der Waals surface area contributed by atoms with Gasteiger partial charge in [0, 0.05) is 6.42 Å². The zero-order valence-electron chi connectivity index (χ0n) is 9.86. The summed E-state index contributed by atoms with van der Waals surface area (Å²) in [5, 5.41) is 0. The second-order valence-electron chi connectivity index (χ2n) is 4.35. The monoisotopic (exact) mass is 218 g/mol. The lowest BCUT2D eigenvalue weighted by Crippen LogP contribution is -2.00. The van der Waals surface area contributed by atoms with Crippen LogP contribution in [0.4, 0.5) is 0 Å². The smallest absolute Gasteiger partial charge is 0.195 e. The van der Waals surface area contributed by atoms with E-state index in [9.17, 15) is 0 Å². The molecule has 0 saturated heterocycles. The molecule has 1 aromatic heterocycles. The molecule has 16 heavy (non-hydrogen) atoms. The predicted molar refractivity (Wildman–Crippen MR) is 65.5 cm³/mol. The lowest BCUT2D eigenvalue weighted by Gasteiger charge is -2.03. The number of hydrogen-bond acceptors (Lipinski definition) is 3. The lowest BCUT2D eigenvalue weighted by molar-refractivity contribution is 0.517. The molecular formula is C13H18N2O. The van der Waals surface area contributed by atoms with Crippen molar-refractivity contribution in [2.75, 3.05) is 6.54 Å². The molecule has 2 rings (SSSR count). The summed E-state index contributed by atoms with van der Waals surface area (Å²) >= 11 is 0. The molecule has 1 heterocycles. The molecule has 86 valence electrons. The first-order valence-electron chi connectivity index (χ1n) is 5.80. The highest BCUT2D eigenvalue weighted by Crippen LogP contribution is 2.26. The highest BCUT2D eigenvalue weighted by molar-refractivity contribution is 5.76. The summed E-state index contributed by atoms with van der Waals surface area (Å²) < 4.78 is 5.80. The van der Waals surface area contributed by atoms with E-state index < -0.39 is 0 Å². The number of benzene rings is 1. The summed E-state index contributed by atoms with van der Waals surface area (Å²) in [4.78, 5) is 4.47. The van der Waals surface area contributed by atoms with Gasteiger partial charge in [-0.3, -0.25) is 0 Å². The zero-order chi connectivity index (χ0) is 11.5. The summed E-state index contributed by atoms with van der Waals surface area (Å²) in [5.41, 5.74) is 8.60. The first-order chi connectivity index (χ1) is 7.72. The van der Waals surface area contributed by atoms with Crippen LogP contribution in [-0.4, -0.2) is 11.5 Å². The standard InChI is InChI=1S/C13H18N2O/c1-9(2)10-5-3-6-11-13(10)16-12(15-11)7-4-8-14/h3,5-6,9H,4,7-8,14H2,1-2H3. The van der Waals surface area contributed by atoms with Crippen molar-refractivity contribution in [3.63, 3.8) is 0 Å². The molecule has 0 bridgehead atoms. The van der Waals surface area contributed by atoms with Crippen LogP contribution in [0.1, 0.15) is 37.6 Å². The fraction of sp³-hybridized carbons (Fsp3) is 0.462. The Labute approximate surface area is 95.7 Å². The highest BCUT2D eigenvalue weighted by Gasteiger charge is 2.11. The highest BCUT2D eigenvalue weighted by atomic mass is 16.3. The van der Waals surface area contributed by atoms with Crippen molar-refractivity contribution in [2.24, 2.45) is 5.73 Å². The van der Waals surface area contributed by atoms with Crippen molar-refractivity contribution in [3.8, 4) is 0 Å². The molecular weight excluding hydrogens is 200 g/mol.